The third-order valence-corrected chi connectivity index (χ3v) is 4.56. The van der Waals surface area contributed by atoms with Crippen molar-refractivity contribution in [3.63, 3.8) is 0 Å². The van der Waals surface area contributed by atoms with Gasteiger partial charge in [0.1, 0.15) is 12.3 Å². The van der Waals surface area contributed by atoms with Gasteiger partial charge in [-0.2, -0.15) is 0 Å². The highest BCUT2D eigenvalue weighted by atomic mass is 16.5. The molecule has 1 aromatic heterocycles. The minimum Gasteiger partial charge on any atom is -0.468 e. The van der Waals surface area contributed by atoms with Gasteiger partial charge in [-0.1, -0.05) is 29.4 Å². The maximum Gasteiger partial charge on any atom is 0.327 e. The van der Waals surface area contributed by atoms with Gasteiger partial charge in [0.05, 0.1) is 12.8 Å². The van der Waals surface area contributed by atoms with Gasteiger partial charge in [-0.25, -0.2) is 4.79 Å². The van der Waals surface area contributed by atoms with Crippen LogP contribution >= 0.6 is 0 Å². The fraction of sp³-hybridized carbons (Fsp3) is 0.444. The zero-order valence-electron chi connectivity index (χ0n) is 14.1. The number of hydrogen-bond acceptors (Lipinski definition) is 6. The number of carbonyl (C=O) groups is 1. The number of benzene rings is 1. The normalized spacial score (nSPS) is 17.6. The van der Waals surface area contributed by atoms with Crippen LogP contribution in [0.1, 0.15) is 22.9 Å². The molecule has 0 unspecified atom stereocenters. The van der Waals surface area contributed by atoms with Crippen LogP contribution in [-0.4, -0.2) is 54.2 Å². The first-order valence-electron chi connectivity index (χ1n) is 8.18. The number of aryl methyl sites for hydroxylation is 1. The summed E-state index contributed by atoms with van der Waals surface area (Å²) in [6, 6.07) is 9.55. The van der Waals surface area contributed by atoms with Gasteiger partial charge >= 0.3 is 5.97 Å². The average Bonchev–Trinajstić information content (AvgIpc) is 3.11. The Balaban J connectivity index is 1.69. The number of piperazine rings is 1. The Labute approximate surface area is 142 Å². The Bertz CT molecular complexity index is 664. The molecule has 1 atom stereocenters. The number of ether oxygens (including phenoxy) is 1. The van der Waals surface area contributed by atoms with Gasteiger partial charge in [-0.15, -0.1) is 0 Å². The SMILES string of the molecule is COC(=O)[C@H](c1ccccc1C)N1CCN(Cc2ccon2)CC1. The quantitative estimate of drug-likeness (QED) is 0.782. The van der Waals surface area contributed by atoms with E-state index in [4.69, 9.17) is 9.26 Å². The van der Waals surface area contributed by atoms with E-state index in [2.05, 4.69) is 15.0 Å². The van der Waals surface area contributed by atoms with Crippen LogP contribution in [0.25, 0.3) is 0 Å². The fourth-order valence-electron chi connectivity index (χ4n) is 3.21. The van der Waals surface area contributed by atoms with Crippen molar-refractivity contribution < 1.29 is 14.1 Å². The summed E-state index contributed by atoms with van der Waals surface area (Å²) in [6.07, 6.45) is 1.59. The standard InChI is InChI=1S/C18H23N3O3/c1-14-5-3-4-6-16(14)17(18(22)23-2)21-10-8-20(9-11-21)13-15-7-12-24-19-15/h3-7,12,17H,8-11,13H2,1-2H3/t17-/m0/s1. The second kappa shape index (κ2) is 7.59. The highest BCUT2D eigenvalue weighted by molar-refractivity contribution is 5.78. The molecule has 128 valence electrons. The first-order valence-corrected chi connectivity index (χ1v) is 8.18. The lowest BCUT2D eigenvalue weighted by molar-refractivity contribution is -0.148. The molecule has 0 N–H and O–H groups in total. The summed E-state index contributed by atoms with van der Waals surface area (Å²) in [7, 11) is 1.45. The van der Waals surface area contributed by atoms with Crippen LogP contribution in [0.4, 0.5) is 0 Å². The second-order valence-electron chi connectivity index (χ2n) is 6.09. The highest BCUT2D eigenvalue weighted by Crippen LogP contribution is 2.26. The molecule has 1 saturated heterocycles. The summed E-state index contributed by atoms with van der Waals surface area (Å²) in [4.78, 5) is 16.9. The van der Waals surface area contributed by atoms with Crippen LogP contribution in [0, 0.1) is 6.92 Å². The molecule has 24 heavy (non-hydrogen) atoms. The molecule has 0 amide bonds. The summed E-state index contributed by atoms with van der Waals surface area (Å²) >= 11 is 0. The lowest BCUT2D eigenvalue weighted by Gasteiger charge is -2.38. The average molecular weight is 329 g/mol. The minimum absolute atomic E-state index is 0.200. The maximum atomic E-state index is 12.4. The van der Waals surface area contributed by atoms with Crippen LogP contribution in [-0.2, 0) is 16.1 Å². The molecule has 0 radical (unpaired) electrons. The van der Waals surface area contributed by atoms with Gasteiger partial charge in [-0.3, -0.25) is 9.80 Å². The molecule has 1 fully saturated rings. The van der Waals surface area contributed by atoms with Crippen molar-refractivity contribution in [3.05, 3.63) is 53.4 Å². The van der Waals surface area contributed by atoms with Gasteiger partial charge in [-0.05, 0) is 18.1 Å². The highest BCUT2D eigenvalue weighted by Gasteiger charge is 2.32. The number of nitrogens with zero attached hydrogens (tertiary/aromatic N) is 3. The smallest absolute Gasteiger partial charge is 0.327 e. The van der Waals surface area contributed by atoms with Crippen LogP contribution in [0.3, 0.4) is 0 Å². The molecule has 2 aromatic rings. The molecule has 0 saturated carbocycles. The molecular formula is C18H23N3O3. The first-order chi connectivity index (χ1) is 11.7. The molecule has 6 nitrogen and oxygen atoms in total. The molecule has 1 aliphatic rings. The van der Waals surface area contributed by atoms with E-state index < -0.39 is 0 Å². The van der Waals surface area contributed by atoms with Crippen LogP contribution < -0.4 is 0 Å². The summed E-state index contributed by atoms with van der Waals surface area (Å²) in [5, 5.41) is 3.96. The van der Waals surface area contributed by atoms with Crippen molar-refractivity contribution in [1.29, 1.82) is 0 Å². The van der Waals surface area contributed by atoms with E-state index >= 15 is 0 Å². The maximum absolute atomic E-state index is 12.4. The molecule has 3 rings (SSSR count). The third kappa shape index (κ3) is 3.66. The molecule has 0 spiro atoms. The predicted molar refractivity (Wildman–Crippen MR) is 89.3 cm³/mol. The Morgan fingerprint density at radius 1 is 1.25 bits per heavy atom. The number of carbonyl (C=O) groups excluding carboxylic acids is 1. The summed E-state index contributed by atoms with van der Waals surface area (Å²) < 4.78 is 9.95. The number of esters is 1. The van der Waals surface area contributed by atoms with E-state index in [1.54, 1.807) is 6.26 Å². The molecule has 0 aliphatic carbocycles. The molecule has 0 bridgehead atoms. The topological polar surface area (TPSA) is 58.8 Å². The largest absolute Gasteiger partial charge is 0.468 e. The van der Waals surface area contributed by atoms with Gasteiger partial charge in [0.2, 0.25) is 0 Å². The molecule has 2 heterocycles. The second-order valence-corrected chi connectivity index (χ2v) is 6.09. The summed E-state index contributed by atoms with van der Waals surface area (Å²) in [5.41, 5.74) is 3.07. The van der Waals surface area contributed by atoms with Gasteiger partial charge in [0, 0.05) is 38.8 Å². The Kier molecular flexibility index (Phi) is 5.27. The van der Waals surface area contributed by atoms with Crippen molar-refractivity contribution in [1.82, 2.24) is 15.0 Å². The summed E-state index contributed by atoms with van der Waals surface area (Å²) in [5.74, 6) is -0.200. The van der Waals surface area contributed by atoms with E-state index in [9.17, 15) is 4.79 Å². The van der Waals surface area contributed by atoms with Crippen molar-refractivity contribution >= 4 is 5.97 Å². The predicted octanol–water partition coefficient (Wildman–Crippen LogP) is 2.01. The van der Waals surface area contributed by atoms with Crippen LogP contribution in [0.15, 0.2) is 41.1 Å². The monoisotopic (exact) mass is 329 g/mol. The fourth-order valence-corrected chi connectivity index (χ4v) is 3.21. The lowest BCUT2D eigenvalue weighted by Crippen LogP contribution is -2.49. The number of hydrogen-bond donors (Lipinski definition) is 0. The Morgan fingerprint density at radius 2 is 2.00 bits per heavy atom. The molecule has 6 heteroatoms. The summed E-state index contributed by atoms with van der Waals surface area (Å²) in [6.45, 7) is 6.19. The lowest BCUT2D eigenvalue weighted by atomic mass is 9.99. The van der Waals surface area contributed by atoms with Crippen molar-refractivity contribution in [2.24, 2.45) is 0 Å². The van der Waals surface area contributed by atoms with E-state index in [0.717, 1.165) is 49.5 Å². The van der Waals surface area contributed by atoms with Crippen LogP contribution in [0.2, 0.25) is 0 Å². The Morgan fingerprint density at radius 3 is 2.62 bits per heavy atom. The van der Waals surface area contributed by atoms with E-state index in [1.165, 1.54) is 7.11 Å². The number of methoxy groups -OCH3 is 1. The zero-order valence-corrected chi connectivity index (χ0v) is 14.1. The van der Waals surface area contributed by atoms with E-state index in [1.807, 2.05) is 37.3 Å². The molecule has 1 aliphatic heterocycles. The first kappa shape index (κ1) is 16.7. The van der Waals surface area contributed by atoms with Crippen molar-refractivity contribution in [2.45, 2.75) is 19.5 Å². The zero-order chi connectivity index (χ0) is 16.9. The number of rotatable bonds is 5. The van der Waals surface area contributed by atoms with Crippen LogP contribution in [0.5, 0.6) is 0 Å². The van der Waals surface area contributed by atoms with Gasteiger partial charge in [0.15, 0.2) is 0 Å². The van der Waals surface area contributed by atoms with Crippen molar-refractivity contribution in [2.75, 3.05) is 33.3 Å². The van der Waals surface area contributed by atoms with Gasteiger partial charge in [0.25, 0.3) is 0 Å². The third-order valence-electron chi connectivity index (χ3n) is 4.56. The van der Waals surface area contributed by atoms with E-state index in [-0.39, 0.29) is 12.0 Å². The Hall–Kier alpha value is -2.18. The van der Waals surface area contributed by atoms with Crippen molar-refractivity contribution in [3.8, 4) is 0 Å². The van der Waals surface area contributed by atoms with Gasteiger partial charge < -0.3 is 9.26 Å². The molecular weight excluding hydrogens is 306 g/mol. The minimum atomic E-state index is -0.342. The van der Waals surface area contributed by atoms with E-state index in [0.29, 0.717) is 0 Å². The molecule has 1 aromatic carbocycles. The number of aromatic nitrogens is 1.